The van der Waals surface area contributed by atoms with Gasteiger partial charge >= 0.3 is 5.97 Å². The Bertz CT molecular complexity index is 867. The van der Waals surface area contributed by atoms with Crippen LogP contribution in [0.25, 0.3) is 0 Å². The van der Waals surface area contributed by atoms with E-state index in [1.54, 1.807) is 6.07 Å². The molecule has 0 saturated heterocycles. The minimum atomic E-state index is -0.390. The van der Waals surface area contributed by atoms with Crippen LogP contribution < -0.4 is 10.1 Å². The number of nitrogens with one attached hydrogen (secondary N) is 1. The van der Waals surface area contributed by atoms with Crippen LogP contribution in [0.2, 0.25) is 0 Å². The summed E-state index contributed by atoms with van der Waals surface area (Å²) in [6.07, 6.45) is 6.59. The Hall–Kier alpha value is -2.73. The number of aromatic nitrogens is 2. The van der Waals surface area contributed by atoms with Crippen molar-refractivity contribution < 1.29 is 9.53 Å². The van der Waals surface area contributed by atoms with Gasteiger partial charge in [0, 0.05) is 12.5 Å². The Labute approximate surface area is 176 Å². The van der Waals surface area contributed by atoms with Crippen LogP contribution in [-0.2, 0) is 0 Å². The van der Waals surface area contributed by atoms with Crippen LogP contribution in [0.1, 0.15) is 54.3 Å². The number of benzene rings is 1. The Kier molecular flexibility index (Phi) is 7.76. The van der Waals surface area contributed by atoms with E-state index in [2.05, 4.69) is 53.4 Å². The van der Waals surface area contributed by atoms with Gasteiger partial charge in [0.2, 0.25) is 5.95 Å². The van der Waals surface area contributed by atoms with Gasteiger partial charge in [-0.1, -0.05) is 63.1 Å². The van der Waals surface area contributed by atoms with Crippen molar-refractivity contribution in [1.82, 2.24) is 9.97 Å². The molecule has 0 amide bonds. The van der Waals surface area contributed by atoms with Crippen molar-refractivity contribution in [3.63, 3.8) is 0 Å². The molecule has 152 valence electrons. The molecule has 0 radical (unpaired) electrons. The van der Waals surface area contributed by atoms with E-state index in [1.165, 1.54) is 42.1 Å². The van der Waals surface area contributed by atoms with Crippen molar-refractivity contribution in [2.75, 3.05) is 11.9 Å². The second kappa shape index (κ2) is 10.7. The van der Waals surface area contributed by atoms with E-state index in [1.807, 2.05) is 17.5 Å². The maximum Gasteiger partial charge on any atom is 0.353 e. The maximum atomic E-state index is 12.0. The number of esters is 1. The summed E-state index contributed by atoms with van der Waals surface area (Å²) in [5.74, 6) is 1.53. The van der Waals surface area contributed by atoms with Crippen molar-refractivity contribution in [3.05, 3.63) is 70.7 Å². The predicted molar refractivity (Wildman–Crippen MR) is 118 cm³/mol. The van der Waals surface area contributed by atoms with Crippen molar-refractivity contribution >= 4 is 23.3 Å². The molecule has 2 unspecified atom stereocenters. The molecular formula is C23H27N3O2S. The summed E-state index contributed by atoms with van der Waals surface area (Å²) < 4.78 is 5.31. The maximum absolute atomic E-state index is 12.0. The minimum absolute atomic E-state index is 0.338. The quantitative estimate of drug-likeness (QED) is 0.430. The highest BCUT2D eigenvalue weighted by molar-refractivity contribution is 7.12. The van der Waals surface area contributed by atoms with Crippen molar-refractivity contribution in [2.24, 2.45) is 5.92 Å². The highest BCUT2D eigenvalue weighted by Gasteiger charge is 2.16. The van der Waals surface area contributed by atoms with E-state index >= 15 is 0 Å². The summed E-state index contributed by atoms with van der Waals surface area (Å²) in [6.45, 7) is 5.30. The van der Waals surface area contributed by atoms with Crippen LogP contribution in [0.5, 0.6) is 5.75 Å². The van der Waals surface area contributed by atoms with Gasteiger partial charge in [-0.25, -0.2) is 14.8 Å². The standard InChI is InChI=1S/C23H27N3O2S/c1-3-8-17(2)13-19(18-9-5-4-6-10-18)14-24-23-25-15-20(16-26-23)28-22(27)21-11-7-12-29-21/h4-7,9-12,15-17,19H,3,8,13-14H2,1-2H3,(H,24,25,26). The first-order valence-corrected chi connectivity index (χ1v) is 10.9. The molecule has 29 heavy (non-hydrogen) atoms. The Morgan fingerprint density at radius 2 is 1.90 bits per heavy atom. The molecule has 0 aliphatic rings. The lowest BCUT2D eigenvalue weighted by molar-refractivity contribution is 0.0738. The molecule has 0 aliphatic heterocycles. The first-order valence-electron chi connectivity index (χ1n) is 10.0. The zero-order valence-electron chi connectivity index (χ0n) is 16.9. The van der Waals surface area contributed by atoms with Gasteiger partial charge in [-0.2, -0.15) is 0 Å². The largest absolute Gasteiger partial charge is 0.419 e. The lowest BCUT2D eigenvalue weighted by atomic mass is 9.87. The van der Waals surface area contributed by atoms with Crippen LogP contribution in [-0.4, -0.2) is 22.5 Å². The Morgan fingerprint density at radius 3 is 2.55 bits per heavy atom. The van der Waals surface area contributed by atoms with Crippen LogP contribution in [0.4, 0.5) is 5.95 Å². The number of hydrogen-bond donors (Lipinski definition) is 1. The first-order chi connectivity index (χ1) is 14.2. The highest BCUT2D eigenvalue weighted by atomic mass is 32.1. The monoisotopic (exact) mass is 409 g/mol. The molecule has 3 aromatic rings. The molecule has 0 spiro atoms. The van der Waals surface area contributed by atoms with E-state index in [4.69, 9.17) is 4.74 Å². The fourth-order valence-corrected chi connectivity index (χ4v) is 3.98. The third-order valence-corrected chi connectivity index (χ3v) is 5.66. The average Bonchev–Trinajstić information content (AvgIpc) is 3.28. The fraction of sp³-hybridized carbons (Fsp3) is 0.348. The van der Waals surface area contributed by atoms with Gasteiger partial charge in [-0.15, -0.1) is 11.3 Å². The minimum Gasteiger partial charge on any atom is -0.419 e. The predicted octanol–water partition coefficient (Wildman–Crippen LogP) is 5.78. The number of rotatable bonds is 10. The van der Waals surface area contributed by atoms with Crippen molar-refractivity contribution in [2.45, 2.75) is 39.0 Å². The SMILES string of the molecule is CCCC(C)CC(CNc1ncc(OC(=O)c2cccs2)cn1)c1ccccc1. The molecule has 3 rings (SSSR count). The van der Waals surface area contributed by atoms with E-state index in [0.717, 1.165) is 13.0 Å². The summed E-state index contributed by atoms with van der Waals surface area (Å²) in [7, 11) is 0. The zero-order valence-corrected chi connectivity index (χ0v) is 17.7. The third-order valence-electron chi connectivity index (χ3n) is 4.81. The van der Waals surface area contributed by atoms with Crippen LogP contribution in [0.3, 0.4) is 0 Å². The molecule has 5 nitrogen and oxygen atoms in total. The van der Waals surface area contributed by atoms with Gasteiger partial charge in [0.1, 0.15) is 4.88 Å². The van der Waals surface area contributed by atoms with Crippen molar-refractivity contribution in [3.8, 4) is 5.75 Å². The summed E-state index contributed by atoms with van der Waals surface area (Å²) in [5.41, 5.74) is 1.32. The molecule has 0 aliphatic carbocycles. The number of carbonyl (C=O) groups excluding carboxylic acids is 1. The number of hydrogen-bond acceptors (Lipinski definition) is 6. The lowest BCUT2D eigenvalue weighted by Crippen LogP contribution is -2.17. The van der Waals surface area contributed by atoms with Gasteiger partial charge in [-0.05, 0) is 29.3 Å². The second-order valence-electron chi connectivity index (χ2n) is 7.23. The molecule has 6 heteroatoms. The number of anilines is 1. The first kappa shape index (κ1) is 21.0. The number of ether oxygens (including phenoxy) is 1. The molecule has 0 bridgehead atoms. The second-order valence-corrected chi connectivity index (χ2v) is 8.17. The zero-order chi connectivity index (χ0) is 20.5. The topological polar surface area (TPSA) is 64.1 Å². The van der Waals surface area contributed by atoms with Gasteiger partial charge in [-0.3, -0.25) is 0 Å². The Balaban J connectivity index is 1.59. The molecule has 1 N–H and O–H groups in total. The van der Waals surface area contributed by atoms with Crippen molar-refractivity contribution in [1.29, 1.82) is 0 Å². The summed E-state index contributed by atoms with van der Waals surface area (Å²) in [6, 6.07) is 14.1. The Morgan fingerprint density at radius 1 is 1.14 bits per heavy atom. The third kappa shape index (κ3) is 6.39. The molecule has 2 atom stereocenters. The average molecular weight is 410 g/mol. The lowest BCUT2D eigenvalue weighted by Gasteiger charge is -2.22. The van der Waals surface area contributed by atoms with Crippen LogP contribution in [0.15, 0.2) is 60.2 Å². The van der Waals surface area contributed by atoms with Gasteiger partial charge in [0.05, 0.1) is 12.4 Å². The van der Waals surface area contributed by atoms with Gasteiger partial charge in [0.15, 0.2) is 5.75 Å². The molecule has 0 saturated carbocycles. The highest BCUT2D eigenvalue weighted by Crippen LogP contribution is 2.26. The summed E-state index contributed by atoms with van der Waals surface area (Å²) >= 11 is 1.34. The van der Waals surface area contributed by atoms with E-state index in [9.17, 15) is 4.79 Å². The van der Waals surface area contributed by atoms with Crippen LogP contribution >= 0.6 is 11.3 Å². The number of carbonyl (C=O) groups is 1. The fourth-order valence-electron chi connectivity index (χ4n) is 3.39. The van der Waals surface area contributed by atoms with E-state index in [-0.39, 0.29) is 0 Å². The van der Waals surface area contributed by atoms with E-state index in [0.29, 0.717) is 28.4 Å². The molecule has 0 fully saturated rings. The van der Waals surface area contributed by atoms with Gasteiger partial charge in [0.25, 0.3) is 0 Å². The summed E-state index contributed by atoms with van der Waals surface area (Å²) in [5, 5.41) is 5.18. The molecular weight excluding hydrogens is 382 g/mol. The molecule has 2 heterocycles. The van der Waals surface area contributed by atoms with E-state index < -0.39 is 5.97 Å². The normalized spacial score (nSPS) is 12.9. The molecule has 1 aromatic carbocycles. The number of thiophene rings is 1. The number of nitrogens with zero attached hydrogens (tertiary/aromatic N) is 2. The molecule has 2 aromatic heterocycles. The summed E-state index contributed by atoms with van der Waals surface area (Å²) in [4.78, 5) is 21.2. The van der Waals surface area contributed by atoms with Crippen LogP contribution in [0, 0.1) is 5.92 Å². The van der Waals surface area contributed by atoms with Gasteiger partial charge < -0.3 is 10.1 Å². The smallest absolute Gasteiger partial charge is 0.353 e.